The molecule has 0 radical (unpaired) electrons. The maximum Gasteiger partial charge on any atom is 0.141 e. The minimum Gasteiger partial charge on any atom is -0.309 e. The number of halogens is 1. The summed E-state index contributed by atoms with van der Waals surface area (Å²) in [6.45, 7) is 2.04. The Labute approximate surface area is 101 Å². The SMILES string of the molecule is CNC(c1ccc(C)cc1)c1cncc(F)c1. The van der Waals surface area contributed by atoms with Crippen LogP contribution < -0.4 is 5.32 Å². The van der Waals surface area contributed by atoms with Crippen molar-refractivity contribution in [2.75, 3.05) is 7.05 Å². The minimum atomic E-state index is -0.310. The average molecular weight is 230 g/mol. The number of rotatable bonds is 3. The lowest BCUT2D eigenvalue weighted by Gasteiger charge is -2.17. The molecule has 1 aromatic carbocycles. The predicted octanol–water partition coefficient (Wildman–Crippen LogP) is 2.84. The van der Waals surface area contributed by atoms with Crippen molar-refractivity contribution >= 4 is 0 Å². The number of hydrogen-bond acceptors (Lipinski definition) is 2. The van der Waals surface area contributed by atoms with Crippen LogP contribution in [-0.2, 0) is 0 Å². The largest absolute Gasteiger partial charge is 0.309 e. The van der Waals surface area contributed by atoms with Crippen LogP contribution in [-0.4, -0.2) is 12.0 Å². The van der Waals surface area contributed by atoms with Crippen molar-refractivity contribution in [3.63, 3.8) is 0 Å². The number of benzene rings is 1. The van der Waals surface area contributed by atoms with Gasteiger partial charge in [0.25, 0.3) is 0 Å². The van der Waals surface area contributed by atoms with Crippen molar-refractivity contribution in [3.8, 4) is 0 Å². The van der Waals surface area contributed by atoms with Crippen molar-refractivity contribution in [3.05, 3.63) is 65.2 Å². The van der Waals surface area contributed by atoms with Gasteiger partial charge in [-0.3, -0.25) is 4.98 Å². The summed E-state index contributed by atoms with van der Waals surface area (Å²) < 4.78 is 13.2. The highest BCUT2D eigenvalue weighted by Crippen LogP contribution is 2.21. The predicted molar refractivity (Wildman–Crippen MR) is 66.3 cm³/mol. The Morgan fingerprint density at radius 2 is 1.82 bits per heavy atom. The fourth-order valence-electron chi connectivity index (χ4n) is 1.87. The van der Waals surface area contributed by atoms with E-state index in [-0.39, 0.29) is 11.9 Å². The first-order chi connectivity index (χ1) is 8.20. The lowest BCUT2D eigenvalue weighted by molar-refractivity contribution is 0.608. The summed E-state index contributed by atoms with van der Waals surface area (Å²) in [5, 5.41) is 3.17. The van der Waals surface area contributed by atoms with Crippen LogP contribution >= 0.6 is 0 Å². The molecule has 3 heteroatoms. The second-order valence-corrected chi connectivity index (χ2v) is 4.07. The van der Waals surface area contributed by atoms with E-state index in [1.165, 1.54) is 17.8 Å². The first-order valence-electron chi connectivity index (χ1n) is 5.55. The molecular weight excluding hydrogens is 215 g/mol. The Balaban J connectivity index is 2.36. The zero-order valence-electron chi connectivity index (χ0n) is 9.94. The highest BCUT2D eigenvalue weighted by Gasteiger charge is 2.12. The monoisotopic (exact) mass is 230 g/mol. The van der Waals surface area contributed by atoms with Crippen LogP contribution in [0.15, 0.2) is 42.7 Å². The number of nitrogens with one attached hydrogen (secondary N) is 1. The molecule has 2 aromatic rings. The zero-order chi connectivity index (χ0) is 12.3. The molecule has 0 aliphatic carbocycles. The summed E-state index contributed by atoms with van der Waals surface area (Å²) in [5.74, 6) is -0.310. The van der Waals surface area contributed by atoms with Crippen molar-refractivity contribution in [1.29, 1.82) is 0 Å². The number of hydrogen-bond donors (Lipinski definition) is 1. The second-order valence-electron chi connectivity index (χ2n) is 4.07. The van der Waals surface area contributed by atoms with Crippen LogP contribution in [0.1, 0.15) is 22.7 Å². The third kappa shape index (κ3) is 2.68. The summed E-state index contributed by atoms with van der Waals surface area (Å²) in [6.07, 6.45) is 2.90. The fourth-order valence-corrected chi connectivity index (χ4v) is 1.87. The van der Waals surface area contributed by atoms with E-state index in [0.29, 0.717) is 0 Å². The summed E-state index contributed by atoms with van der Waals surface area (Å²) in [7, 11) is 1.86. The van der Waals surface area contributed by atoms with Crippen molar-refractivity contribution < 1.29 is 4.39 Å². The van der Waals surface area contributed by atoms with Crippen LogP contribution in [0.3, 0.4) is 0 Å². The lowest BCUT2D eigenvalue weighted by Crippen LogP contribution is -2.18. The van der Waals surface area contributed by atoms with Gasteiger partial charge in [0.2, 0.25) is 0 Å². The number of pyridine rings is 1. The highest BCUT2D eigenvalue weighted by molar-refractivity contribution is 5.32. The van der Waals surface area contributed by atoms with Gasteiger partial charge >= 0.3 is 0 Å². The molecule has 1 aromatic heterocycles. The quantitative estimate of drug-likeness (QED) is 0.877. The molecule has 0 aliphatic heterocycles. The summed E-state index contributed by atoms with van der Waals surface area (Å²) in [5.41, 5.74) is 3.14. The normalized spacial score (nSPS) is 12.4. The van der Waals surface area contributed by atoms with Gasteiger partial charge in [0.15, 0.2) is 0 Å². The van der Waals surface area contributed by atoms with Gasteiger partial charge in [0.1, 0.15) is 5.82 Å². The summed E-state index contributed by atoms with van der Waals surface area (Å²) >= 11 is 0. The van der Waals surface area contributed by atoms with E-state index in [4.69, 9.17) is 0 Å². The summed E-state index contributed by atoms with van der Waals surface area (Å²) in [4.78, 5) is 3.88. The molecule has 1 unspecified atom stereocenters. The van der Waals surface area contributed by atoms with E-state index in [1.54, 1.807) is 6.20 Å². The van der Waals surface area contributed by atoms with Crippen LogP contribution in [0, 0.1) is 12.7 Å². The van der Waals surface area contributed by atoms with Crippen molar-refractivity contribution in [1.82, 2.24) is 10.3 Å². The van der Waals surface area contributed by atoms with Gasteiger partial charge in [-0.1, -0.05) is 29.8 Å². The standard InChI is InChI=1S/C14H15FN2/c1-10-3-5-11(6-4-10)14(16-2)12-7-13(15)9-17-8-12/h3-9,14,16H,1-2H3. The number of aryl methyl sites for hydroxylation is 1. The number of aromatic nitrogens is 1. The third-order valence-electron chi connectivity index (χ3n) is 2.76. The average Bonchev–Trinajstić information content (AvgIpc) is 2.33. The van der Waals surface area contributed by atoms with Gasteiger partial charge < -0.3 is 5.32 Å². The van der Waals surface area contributed by atoms with E-state index in [9.17, 15) is 4.39 Å². The molecule has 0 spiro atoms. The molecular formula is C14H15FN2. The summed E-state index contributed by atoms with van der Waals surface area (Å²) in [6, 6.07) is 9.66. The Hall–Kier alpha value is -1.74. The molecule has 1 heterocycles. The molecule has 0 saturated heterocycles. The molecule has 0 amide bonds. The van der Waals surface area contributed by atoms with Crippen molar-refractivity contribution in [2.24, 2.45) is 0 Å². The van der Waals surface area contributed by atoms with Crippen LogP contribution in [0.4, 0.5) is 4.39 Å². The Kier molecular flexibility index (Phi) is 3.49. The van der Waals surface area contributed by atoms with Gasteiger partial charge in [-0.05, 0) is 31.2 Å². The molecule has 2 rings (SSSR count). The van der Waals surface area contributed by atoms with Crippen LogP contribution in [0.5, 0.6) is 0 Å². The topological polar surface area (TPSA) is 24.9 Å². The van der Waals surface area contributed by atoms with Crippen LogP contribution in [0.2, 0.25) is 0 Å². The molecule has 1 N–H and O–H groups in total. The van der Waals surface area contributed by atoms with Gasteiger partial charge in [0, 0.05) is 6.20 Å². The first-order valence-corrected chi connectivity index (χ1v) is 5.55. The molecule has 0 bridgehead atoms. The van der Waals surface area contributed by atoms with Gasteiger partial charge in [0.05, 0.1) is 12.2 Å². The maximum absolute atomic E-state index is 13.2. The van der Waals surface area contributed by atoms with Gasteiger partial charge in [-0.25, -0.2) is 4.39 Å². The Morgan fingerprint density at radius 1 is 1.12 bits per heavy atom. The first kappa shape index (κ1) is 11.7. The maximum atomic E-state index is 13.2. The number of nitrogens with zero attached hydrogens (tertiary/aromatic N) is 1. The molecule has 17 heavy (non-hydrogen) atoms. The molecule has 88 valence electrons. The molecule has 2 nitrogen and oxygen atoms in total. The Morgan fingerprint density at radius 3 is 2.41 bits per heavy atom. The third-order valence-corrected chi connectivity index (χ3v) is 2.76. The van der Waals surface area contributed by atoms with Crippen LogP contribution in [0.25, 0.3) is 0 Å². The van der Waals surface area contributed by atoms with E-state index < -0.39 is 0 Å². The van der Waals surface area contributed by atoms with E-state index in [1.807, 2.05) is 38.2 Å². The van der Waals surface area contributed by atoms with E-state index >= 15 is 0 Å². The Bertz CT molecular complexity index is 494. The van der Waals surface area contributed by atoms with E-state index in [2.05, 4.69) is 10.3 Å². The fraction of sp³-hybridized carbons (Fsp3) is 0.214. The smallest absolute Gasteiger partial charge is 0.141 e. The van der Waals surface area contributed by atoms with Gasteiger partial charge in [-0.15, -0.1) is 0 Å². The molecule has 0 aliphatic rings. The van der Waals surface area contributed by atoms with Gasteiger partial charge in [-0.2, -0.15) is 0 Å². The molecule has 0 saturated carbocycles. The van der Waals surface area contributed by atoms with Crippen molar-refractivity contribution in [2.45, 2.75) is 13.0 Å². The minimum absolute atomic E-state index is 0.0289. The second kappa shape index (κ2) is 5.06. The zero-order valence-corrected chi connectivity index (χ0v) is 9.94. The lowest BCUT2D eigenvalue weighted by atomic mass is 9.99. The van der Waals surface area contributed by atoms with E-state index in [0.717, 1.165) is 11.1 Å². The highest BCUT2D eigenvalue weighted by atomic mass is 19.1. The molecule has 0 fully saturated rings. The molecule has 1 atom stereocenters.